The van der Waals surface area contributed by atoms with Crippen LogP contribution in [0.3, 0.4) is 0 Å². The molecule has 2 aromatic carbocycles. The largest absolute Gasteiger partial charge is 0.507 e. The summed E-state index contributed by atoms with van der Waals surface area (Å²) in [5.74, 6) is 0.983. The van der Waals surface area contributed by atoms with Gasteiger partial charge in [0.2, 0.25) is 0 Å². The number of halogens is 1. The molecule has 0 unspecified atom stereocenters. The van der Waals surface area contributed by atoms with Crippen LogP contribution in [-0.4, -0.2) is 25.2 Å². The molecule has 3 rings (SSSR count). The Morgan fingerprint density at radius 1 is 1.12 bits per heavy atom. The van der Waals surface area contributed by atoms with Crippen LogP contribution in [0.5, 0.6) is 17.2 Å². The highest BCUT2D eigenvalue weighted by molar-refractivity contribution is 9.10. The lowest BCUT2D eigenvalue weighted by Crippen LogP contribution is -2.03. The van der Waals surface area contributed by atoms with Crippen molar-refractivity contribution >= 4 is 39.2 Å². The summed E-state index contributed by atoms with van der Waals surface area (Å²) in [6, 6.07) is 7.05. The first-order chi connectivity index (χ1) is 11.4. The summed E-state index contributed by atoms with van der Waals surface area (Å²) in [4.78, 5) is 12.4. The lowest BCUT2D eigenvalue weighted by molar-refractivity contribution is -0.110. The number of benzene rings is 2. The molecule has 24 heavy (non-hydrogen) atoms. The Labute approximate surface area is 148 Å². The van der Waals surface area contributed by atoms with Crippen LogP contribution in [0.2, 0.25) is 0 Å². The number of anilines is 1. The van der Waals surface area contributed by atoms with Crippen molar-refractivity contribution < 1.29 is 19.4 Å². The number of fused-ring (bicyclic) bond motifs is 1. The molecule has 0 aromatic heterocycles. The van der Waals surface area contributed by atoms with Crippen molar-refractivity contribution in [2.24, 2.45) is 0 Å². The highest BCUT2D eigenvalue weighted by atomic mass is 79.9. The lowest BCUT2D eigenvalue weighted by Gasteiger charge is -2.10. The SMILES string of the molecule is COc1cc2c(cc1OC)C(=Cc1cc(Br)cc(C)c1O)C(=O)N2. The lowest BCUT2D eigenvalue weighted by atomic mass is 10.0. The van der Waals surface area contributed by atoms with E-state index in [1.165, 1.54) is 0 Å². The molecule has 124 valence electrons. The number of hydrogen-bond acceptors (Lipinski definition) is 4. The fourth-order valence-electron chi connectivity index (χ4n) is 2.69. The summed E-state index contributed by atoms with van der Waals surface area (Å²) in [7, 11) is 3.08. The van der Waals surface area contributed by atoms with Gasteiger partial charge in [-0.15, -0.1) is 0 Å². The molecule has 2 N–H and O–H groups in total. The molecular weight excluding hydrogens is 374 g/mol. The van der Waals surface area contributed by atoms with E-state index < -0.39 is 0 Å². The average molecular weight is 390 g/mol. The van der Waals surface area contributed by atoms with E-state index in [1.54, 1.807) is 45.4 Å². The van der Waals surface area contributed by atoms with Crippen LogP contribution < -0.4 is 14.8 Å². The van der Waals surface area contributed by atoms with E-state index in [-0.39, 0.29) is 11.7 Å². The van der Waals surface area contributed by atoms with Crippen LogP contribution in [0.25, 0.3) is 11.6 Å². The second kappa shape index (κ2) is 6.20. The molecule has 0 fully saturated rings. The van der Waals surface area contributed by atoms with Gasteiger partial charge in [-0.05, 0) is 36.8 Å². The Bertz CT molecular complexity index is 874. The second-order valence-corrected chi connectivity index (χ2v) is 6.34. The number of phenolic OH excluding ortho intramolecular Hbond substituents is 1. The van der Waals surface area contributed by atoms with Gasteiger partial charge in [0.1, 0.15) is 5.75 Å². The highest BCUT2D eigenvalue weighted by Crippen LogP contribution is 2.42. The van der Waals surface area contributed by atoms with Crippen molar-refractivity contribution in [1.82, 2.24) is 0 Å². The molecule has 1 aliphatic rings. The summed E-state index contributed by atoms with van der Waals surface area (Å²) < 4.78 is 11.4. The quantitative estimate of drug-likeness (QED) is 0.779. The Balaban J connectivity index is 2.17. The molecule has 0 aliphatic carbocycles. The third-order valence-corrected chi connectivity index (χ3v) is 4.36. The Morgan fingerprint density at radius 2 is 1.79 bits per heavy atom. The summed E-state index contributed by atoms with van der Waals surface area (Å²) in [5, 5.41) is 13.1. The van der Waals surface area contributed by atoms with E-state index in [9.17, 15) is 9.90 Å². The predicted octanol–water partition coefficient (Wildman–Crippen LogP) is 3.97. The van der Waals surface area contributed by atoms with Crippen molar-refractivity contribution in [2.45, 2.75) is 6.92 Å². The van der Waals surface area contributed by atoms with E-state index in [4.69, 9.17) is 9.47 Å². The summed E-state index contributed by atoms with van der Waals surface area (Å²) >= 11 is 3.41. The molecule has 0 bridgehead atoms. The van der Waals surface area contributed by atoms with Crippen molar-refractivity contribution in [3.05, 3.63) is 45.4 Å². The zero-order chi connectivity index (χ0) is 17.4. The maximum atomic E-state index is 12.4. The fourth-order valence-corrected chi connectivity index (χ4v) is 3.28. The molecule has 0 atom stereocenters. The Morgan fingerprint density at radius 3 is 2.46 bits per heavy atom. The number of nitrogens with one attached hydrogen (secondary N) is 1. The monoisotopic (exact) mass is 389 g/mol. The minimum atomic E-state index is -0.239. The van der Waals surface area contributed by atoms with Crippen molar-refractivity contribution in [1.29, 1.82) is 0 Å². The third kappa shape index (κ3) is 2.73. The van der Waals surface area contributed by atoms with Crippen LogP contribution in [0.1, 0.15) is 16.7 Å². The van der Waals surface area contributed by atoms with Crippen LogP contribution in [0, 0.1) is 6.92 Å². The molecule has 0 spiro atoms. The molecule has 5 nitrogen and oxygen atoms in total. The number of aromatic hydroxyl groups is 1. The topological polar surface area (TPSA) is 67.8 Å². The first-order valence-corrected chi connectivity index (χ1v) is 8.02. The molecule has 0 saturated carbocycles. The Kier molecular flexibility index (Phi) is 4.24. The summed E-state index contributed by atoms with van der Waals surface area (Å²) in [5.41, 5.74) is 3.10. The van der Waals surface area contributed by atoms with E-state index in [1.807, 2.05) is 6.07 Å². The molecule has 1 heterocycles. The van der Waals surface area contributed by atoms with E-state index in [2.05, 4.69) is 21.2 Å². The normalized spacial score (nSPS) is 14.5. The highest BCUT2D eigenvalue weighted by Gasteiger charge is 2.27. The number of methoxy groups -OCH3 is 2. The van der Waals surface area contributed by atoms with Crippen molar-refractivity contribution in [2.75, 3.05) is 19.5 Å². The smallest absolute Gasteiger partial charge is 0.256 e. The third-order valence-electron chi connectivity index (χ3n) is 3.90. The fraction of sp³-hybridized carbons (Fsp3) is 0.167. The summed E-state index contributed by atoms with van der Waals surface area (Å²) in [6.45, 7) is 1.80. The van der Waals surface area contributed by atoms with Gasteiger partial charge in [-0.2, -0.15) is 0 Å². The van der Waals surface area contributed by atoms with E-state index in [0.717, 1.165) is 10.0 Å². The zero-order valence-electron chi connectivity index (χ0n) is 13.4. The number of rotatable bonds is 3. The molecule has 0 radical (unpaired) electrons. The summed E-state index contributed by atoms with van der Waals surface area (Å²) in [6.07, 6.45) is 1.67. The maximum Gasteiger partial charge on any atom is 0.256 e. The van der Waals surface area contributed by atoms with Gasteiger partial charge in [0, 0.05) is 27.2 Å². The molecule has 2 aromatic rings. The maximum absolute atomic E-state index is 12.4. The molecule has 1 amide bonds. The second-order valence-electron chi connectivity index (χ2n) is 5.43. The predicted molar refractivity (Wildman–Crippen MR) is 96.6 cm³/mol. The standard InChI is InChI=1S/C18H16BrNO4/c1-9-4-11(19)5-10(17(9)21)6-13-12-7-15(23-2)16(24-3)8-14(12)20-18(13)22/h4-8,21H,1-3H3,(H,20,22). The minimum absolute atomic E-state index is 0.146. The average Bonchev–Trinajstić information content (AvgIpc) is 2.85. The zero-order valence-corrected chi connectivity index (χ0v) is 15.0. The van der Waals surface area contributed by atoms with Gasteiger partial charge >= 0.3 is 0 Å². The number of hydrogen-bond donors (Lipinski definition) is 2. The van der Waals surface area contributed by atoms with E-state index in [0.29, 0.717) is 33.9 Å². The van der Waals surface area contributed by atoms with Crippen molar-refractivity contribution in [3.63, 3.8) is 0 Å². The minimum Gasteiger partial charge on any atom is -0.507 e. The Hall–Kier alpha value is -2.47. The van der Waals surface area contributed by atoms with Crippen molar-refractivity contribution in [3.8, 4) is 17.2 Å². The van der Waals surface area contributed by atoms with Crippen LogP contribution in [0.4, 0.5) is 5.69 Å². The number of aryl methyl sites for hydroxylation is 1. The van der Waals surface area contributed by atoms with Gasteiger partial charge in [0.15, 0.2) is 11.5 Å². The number of carbonyl (C=O) groups excluding carboxylic acids is 1. The van der Waals surface area contributed by atoms with Gasteiger partial charge in [0.05, 0.1) is 19.9 Å². The van der Waals surface area contributed by atoms with Gasteiger partial charge in [-0.3, -0.25) is 4.79 Å². The van der Waals surface area contributed by atoms with E-state index >= 15 is 0 Å². The number of amides is 1. The number of phenols is 1. The molecule has 6 heteroatoms. The first kappa shape index (κ1) is 16.4. The van der Waals surface area contributed by atoms with Crippen LogP contribution in [0.15, 0.2) is 28.7 Å². The van der Waals surface area contributed by atoms with Crippen LogP contribution >= 0.6 is 15.9 Å². The van der Waals surface area contributed by atoms with Gasteiger partial charge in [0.25, 0.3) is 5.91 Å². The first-order valence-electron chi connectivity index (χ1n) is 7.23. The molecule has 1 aliphatic heterocycles. The molecular formula is C18H16BrNO4. The van der Waals surface area contributed by atoms with Gasteiger partial charge < -0.3 is 19.9 Å². The van der Waals surface area contributed by atoms with Crippen LogP contribution in [-0.2, 0) is 4.79 Å². The van der Waals surface area contributed by atoms with Gasteiger partial charge in [-0.1, -0.05) is 15.9 Å². The van der Waals surface area contributed by atoms with Gasteiger partial charge in [-0.25, -0.2) is 0 Å². The number of carbonyl (C=O) groups is 1. The number of ether oxygens (including phenoxy) is 2. The molecule has 0 saturated heterocycles.